The molecule has 2 aromatic rings. The lowest BCUT2D eigenvalue weighted by Gasteiger charge is -2.05. The Morgan fingerprint density at radius 1 is 1.19 bits per heavy atom. The van der Waals surface area contributed by atoms with Crippen LogP contribution in [0.5, 0.6) is 0 Å². The minimum atomic E-state index is 0.648. The molecule has 0 aliphatic rings. The van der Waals surface area contributed by atoms with Gasteiger partial charge in [-0.2, -0.15) is 0 Å². The zero-order valence-electron chi connectivity index (χ0n) is 9.16. The van der Waals surface area contributed by atoms with E-state index in [0.29, 0.717) is 5.95 Å². The second-order valence-corrected chi connectivity index (χ2v) is 4.39. The molecule has 1 aromatic carbocycles. The number of halogens is 1. The summed E-state index contributed by atoms with van der Waals surface area (Å²) < 4.78 is 1.05. The van der Waals surface area contributed by atoms with E-state index in [0.717, 1.165) is 21.4 Å². The number of nitrogens with one attached hydrogen (secondary N) is 1. The Bertz CT molecular complexity index is 511. The first kappa shape index (κ1) is 11.1. The lowest BCUT2D eigenvalue weighted by atomic mass is 10.1. The largest absolute Gasteiger partial charge is 0.357 e. The van der Waals surface area contributed by atoms with E-state index in [-0.39, 0.29) is 0 Å². The monoisotopic (exact) mass is 277 g/mol. The van der Waals surface area contributed by atoms with Crippen LogP contribution in [0, 0.1) is 6.92 Å². The van der Waals surface area contributed by atoms with Gasteiger partial charge in [0.05, 0.1) is 5.69 Å². The fourth-order valence-corrected chi connectivity index (χ4v) is 1.88. The van der Waals surface area contributed by atoms with E-state index in [1.165, 1.54) is 0 Å². The van der Waals surface area contributed by atoms with Crippen molar-refractivity contribution in [3.8, 4) is 11.3 Å². The average molecular weight is 278 g/mol. The zero-order valence-corrected chi connectivity index (χ0v) is 10.7. The van der Waals surface area contributed by atoms with E-state index in [9.17, 15) is 0 Å². The molecular formula is C12H12BrN3. The Labute approximate surface area is 103 Å². The van der Waals surface area contributed by atoms with Crippen molar-refractivity contribution in [2.75, 3.05) is 12.4 Å². The summed E-state index contributed by atoms with van der Waals surface area (Å²) in [5.41, 5.74) is 2.96. The van der Waals surface area contributed by atoms with Crippen molar-refractivity contribution in [3.63, 3.8) is 0 Å². The van der Waals surface area contributed by atoms with Crippen LogP contribution in [-0.4, -0.2) is 17.0 Å². The summed E-state index contributed by atoms with van der Waals surface area (Å²) in [4.78, 5) is 8.69. The van der Waals surface area contributed by atoms with Gasteiger partial charge >= 0.3 is 0 Å². The van der Waals surface area contributed by atoms with Gasteiger partial charge in [-0.15, -0.1) is 0 Å². The number of anilines is 1. The van der Waals surface area contributed by atoms with Crippen LogP contribution in [0.25, 0.3) is 11.3 Å². The van der Waals surface area contributed by atoms with Gasteiger partial charge < -0.3 is 5.32 Å². The molecule has 0 bridgehead atoms. The highest BCUT2D eigenvalue weighted by molar-refractivity contribution is 9.10. The maximum Gasteiger partial charge on any atom is 0.223 e. The molecule has 4 heteroatoms. The van der Waals surface area contributed by atoms with Crippen LogP contribution in [0.1, 0.15) is 5.69 Å². The molecule has 0 radical (unpaired) electrons. The molecule has 0 fully saturated rings. The summed E-state index contributed by atoms with van der Waals surface area (Å²) in [5.74, 6) is 0.648. The number of hydrogen-bond acceptors (Lipinski definition) is 3. The smallest absolute Gasteiger partial charge is 0.223 e. The minimum absolute atomic E-state index is 0.648. The highest BCUT2D eigenvalue weighted by atomic mass is 79.9. The fourth-order valence-electron chi connectivity index (χ4n) is 1.48. The van der Waals surface area contributed by atoms with Crippen molar-refractivity contribution in [1.82, 2.24) is 9.97 Å². The van der Waals surface area contributed by atoms with Gasteiger partial charge in [-0.3, -0.25) is 0 Å². The van der Waals surface area contributed by atoms with E-state index >= 15 is 0 Å². The third-order valence-electron chi connectivity index (χ3n) is 2.20. The first-order valence-corrected chi connectivity index (χ1v) is 5.78. The molecule has 0 aliphatic heterocycles. The third-order valence-corrected chi connectivity index (χ3v) is 2.69. The topological polar surface area (TPSA) is 37.8 Å². The van der Waals surface area contributed by atoms with E-state index in [1.54, 1.807) is 0 Å². The SMILES string of the molecule is CNc1nc(C)cc(-c2cccc(Br)c2)n1. The quantitative estimate of drug-likeness (QED) is 0.916. The summed E-state index contributed by atoms with van der Waals surface area (Å²) in [6, 6.07) is 10.0. The molecule has 1 heterocycles. The lowest BCUT2D eigenvalue weighted by molar-refractivity contribution is 1.10. The summed E-state index contributed by atoms with van der Waals surface area (Å²) in [6.07, 6.45) is 0. The average Bonchev–Trinajstić information content (AvgIpc) is 2.28. The van der Waals surface area contributed by atoms with Gasteiger partial charge in [0.25, 0.3) is 0 Å². The van der Waals surface area contributed by atoms with Crippen LogP contribution in [0.2, 0.25) is 0 Å². The first-order chi connectivity index (χ1) is 7.69. The van der Waals surface area contributed by atoms with E-state index in [1.807, 2.05) is 44.3 Å². The van der Waals surface area contributed by atoms with Crippen LogP contribution in [-0.2, 0) is 0 Å². The predicted octanol–water partition coefficient (Wildman–Crippen LogP) is 3.26. The van der Waals surface area contributed by atoms with Gasteiger partial charge in [-0.1, -0.05) is 28.1 Å². The highest BCUT2D eigenvalue weighted by Crippen LogP contribution is 2.22. The maximum atomic E-state index is 4.42. The summed E-state index contributed by atoms with van der Waals surface area (Å²) in [5, 5.41) is 2.96. The molecule has 0 saturated heterocycles. The zero-order chi connectivity index (χ0) is 11.5. The molecule has 0 spiro atoms. The van der Waals surface area contributed by atoms with Gasteiger partial charge in [-0.25, -0.2) is 9.97 Å². The second kappa shape index (κ2) is 4.61. The van der Waals surface area contributed by atoms with Gasteiger partial charge in [0.15, 0.2) is 0 Å². The van der Waals surface area contributed by atoms with E-state index in [2.05, 4.69) is 31.2 Å². The number of aromatic nitrogens is 2. The molecule has 0 unspecified atom stereocenters. The van der Waals surface area contributed by atoms with Gasteiger partial charge in [-0.05, 0) is 25.1 Å². The van der Waals surface area contributed by atoms with Gasteiger partial charge in [0.2, 0.25) is 5.95 Å². The molecule has 3 nitrogen and oxygen atoms in total. The number of aryl methyl sites for hydroxylation is 1. The molecule has 0 saturated carbocycles. The molecule has 0 atom stereocenters. The number of nitrogens with zero attached hydrogens (tertiary/aromatic N) is 2. The Morgan fingerprint density at radius 3 is 2.69 bits per heavy atom. The third kappa shape index (κ3) is 2.39. The standard InChI is InChI=1S/C12H12BrN3/c1-8-6-11(16-12(14-2)15-8)9-4-3-5-10(13)7-9/h3-7H,1-2H3,(H,14,15,16). The molecule has 1 N–H and O–H groups in total. The maximum absolute atomic E-state index is 4.42. The van der Waals surface area contributed by atoms with Crippen molar-refractivity contribution in [3.05, 3.63) is 40.5 Å². The second-order valence-electron chi connectivity index (χ2n) is 3.48. The first-order valence-electron chi connectivity index (χ1n) is 4.98. The van der Waals surface area contributed by atoms with Crippen molar-refractivity contribution >= 4 is 21.9 Å². The molecule has 1 aromatic heterocycles. The van der Waals surface area contributed by atoms with E-state index < -0.39 is 0 Å². The Morgan fingerprint density at radius 2 is 2.00 bits per heavy atom. The van der Waals surface area contributed by atoms with Crippen LogP contribution in [0.3, 0.4) is 0 Å². The molecule has 82 valence electrons. The van der Waals surface area contributed by atoms with E-state index in [4.69, 9.17) is 0 Å². The summed E-state index contributed by atoms with van der Waals surface area (Å²) >= 11 is 3.45. The summed E-state index contributed by atoms with van der Waals surface area (Å²) in [6.45, 7) is 1.96. The number of hydrogen-bond donors (Lipinski definition) is 1. The number of rotatable bonds is 2. The molecule has 2 rings (SSSR count). The van der Waals surface area contributed by atoms with Crippen LogP contribution in [0.4, 0.5) is 5.95 Å². The fraction of sp³-hybridized carbons (Fsp3) is 0.167. The lowest BCUT2D eigenvalue weighted by Crippen LogP contribution is -1.99. The van der Waals surface area contributed by atoms with Crippen LogP contribution in [0.15, 0.2) is 34.8 Å². The normalized spacial score (nSPS) is 10.2. The Hall–Kier alpha value is -1.42. The molecule has 0 amide bonds. The molecular weight excluding hydrogens is 266 g/mol. The molecule has 0 aliphatic carbocycles. The summed E-state index contributed by atoms with van der Waals surface area (Å²) in [7, 11) is 1.82. The van der Waals surface area contributed by atoms with Crippen molar-refractivity contribution < 1.29 is 0 Å². The molecule has 16 heavy (non-hydrogen) atoms. The van der Waals surface area contributed by atoms with Crippen molar-refractivity contribution in [2.24, 2.45) is 0 Å². The van der Waals surface area contributed by atoms with Crippen LogP contribution < -0.4 is 5.32 Å². The van der Waals surface area contributed by atoms with Crippen molar-refractivity contribution in [2.45, 2.75) is 6.92 Å². The highest BCUT2D eigenvalue weighted by Gasteiger charge is 2.03. The van der Waals surface area contributed by atoms with Gasteiger partial charge in [0.1, 0.15) is 0 Å². The minimum Gasteiger partial charge on any atom is -0.357 e. The predicted molar refractivity (Wildman–Crippen MR) is 69.5 cm³/mol. The van der Waals surface area contributed by atoms with Crippen LogP contribution >= 0.6 is 15.9 Å². The Balaban J connectivity index is 2.51. The number of benzene rings is 1. The van der Waals surface area contributed by atoms with Crippen molar-refractivity contribution in [1.29, 1.82) is 0 Å². The van der Waals surface area contributed by atoms with Gasteiger partial charge in [0, 0.05) is 22.8 Å². The Kier molecular flexibility index (Phi) is 3.19.